The van der Waals surface area contributed by atoms with Crippen molar-refractivity contribution in [2.75, 3.05) is 0 Å². The van der Waals surface area contributed by atoms with Gasteiger partial charge >= 0.3 is 0 Å². The topological polar surface area (TPSA) is 60.7 Å². The van der Waals surface area contributed by atoms with Crippen LogP contribution in [0.1, 0.15) is 16.2 Å². The van der Waals surface area contributed by atoms with E-state index in [9.17, 15) is 4.79 Å². The van der Waals surface area contributed by atoms with E-state index in [-0.39, 0.29) is 0 Å². The molecule has 0 saturated carbocycles. The van der Waals surface area contributed by atoms with Crippen LogP contribution < -0.4 is 0 Å². The van der Waals surface area contributed by atoms with Gasteiger partial charge < -0.3 is 0 Å². The van der Waals surface area contributed by atoms with E-state index in [0.29, 0.717) is 17.2 Å². The molecular weight excluding hydrogens is 180 g/mol. The number of aryl methyl sites for hydroxylation is 1. The zero-order valence-electron chi connectivity index (χ0n) is 7.58. The van der Waals surface area contributed by atoms with E-state index in [1.807, 2.05) is 0 Å². The molecule has 0 radical (unpaired) electrons. The normalized spacial score (nSPS) is 10.1. The van der Waals surface area contributed by atoms with Crippen molar-refractivity contribution in [3.05, 3.63) is 36.0 Å². The summed E-state index contributed by atoms with van der Waals surface area (Å²) >= 11 is 0. The maximum absolute atomic E-state index is 10.7. The van der Waals surface area contributed by atoms with Gasteiger partial charge in [0, 0.05) is 6.20 Å². The zero-order valence-corrected chi connectivity index (χ0v) is 7.58. The fourth-order valence-corrected chi connectivity index (χ4v) is 1.14. The quantitative estimate of drug-likeness (QED) is 0.653. The van der Waals surface area contributed by atoms with Gasteiger partial charge in [0.1, 0.15) is 12.2 Å². The first-order chi connectivity index (χ1) is 6.81. The summed E-state index contributed by atoms with van der Waals surface area (Å²) in [5, 5.41) is 4.07. The molecule has 0 aliphatic rings. The Balaban J connectivity index is 2.55. The standard InChI is InChI=1S/C9H8N4O/c1-7-11-6-13(12-7)9-8(5-14)3-2-4-10-9/h2-6H,1H3. The molecule has 0 bridgehead atoms. The smallest absolute Gasteiger partial charge is 0.165 e. The van der Waals surface area contributed by atoms with Crippen molar-refractivity contribution in [2.24, 2.45) is 0 Å². The fraction of sp³-hybridized carbons (Fsp3) is 0.111. The molecule has 5 nitrogen and oxygen atoms in total. The molecule has 0 aromatic carbocycles. The van der Waals surface area contributed by atoms with Crippen LogP contribution in [-0.2, 0) is 0 Å². The predicted molar refractivity (Wildman–Crippen MR) is 49.3 cm³/mol. The summed E-state index contributed by atoms with van der Waals surface area (Å²) in [4.78, 5) is 18.7. The number of hydrogen-bond donors (Lipinski definition) is 0. The molecule has 2 aromatic rings. The number of aldehydes is 1. The molecule has 0 amide bonds. The van der Waals surface area contributed by atoms with Crippen LogP contribution in [0.5, 0.6) is 0 Å². The molecule has 2 rings (SSSR count). The van der Waals surface area contributed by atoms with Crippen LogP contribution in [0.3, 0.4) is 0 Å². The Hall–Kier alpha value is -2.04. The first-order valence-electron chi connectivity index (χ1n) is 4.10. The lowest BCUT2D eigenvalue weighted by Gasteiger charge is -2.00. The highest BCUT2D eigenvalue weighted by Crippen LogP contribution is 2.06. The number of nitrogens with zero attached hydrogens (tertiary/aromatic N) is 4. The molecule has 70 valence electrons. The maximum Gasteiger partial charge on any atom is 0.165 e. The molecule has 0 fully saturated rings. The lowest BCUT2D eigenvalue weighted by molar-refractivity contribution is 0.112. The third-order valence-electron chi connectivity index (χ3n) is 1.77. The molecule has 5 heteroatoms. The minimum Gasteiger partial charge on any atom is -0.298 e. The van der Waals surface area contributed by atoms with Crippen LogP contribution in [0.25, 0.3) is 5.82 Å². The molecule has 0 aliphatic carbocycles. The second-order valence-electron chi connectivity index (χ2n) is 2.77. The maximum atomic E-state index is 10.7. The fourth-order valence-electron chi connectivity index (χ4n) is 1.14. The molecule has 2 heterocycles. The first kappa shape index (κ1) is 8.55. The minimum absolute atomic E-state index is 0.498. The number of pyridine rings is 1. The van der Waals surface area contributed by atoms with E-state index in [1.54, 1.807) is 25.3 Å². The van der Waals surface area contributed by atoms with Crippen LogP contribution >= 0.6 is 0 Å². The van der Waals surface area contributed by atoms with Gasteiger partial charge in [0.2, 0.25) is 0 Å². The molecule has 0 aliphatic heterocycles. The van der Waals surface area contributed by atoms with Crippen LogP contribution in [0, 0.1) is 6.92 Å². The lowest BCUT2D eigenvalue weighted by atomic mass is 10.3. The highest BCUT2D eigenvalue weighted by molar-refractivity contribution is 5.79. The van der Waals surface area contributed by atoms with E-state index in [0.717, 1.165) is 6.29 Å². The van der Waals surface area contributed by atoms with Gasteiger partial charge in [0.25, 0.3) is 0 Å². The van der Waals surface area contributed by atoms with Crippen molar-refractivity contribution in [1.82, 2.24) is 19.7 Å². The molecule has 0 N–H and O–H groups in total. The summed E-state index contributed by atoms with van der Waals surface area (Å²) in [6.45, 7) is 1.78. The largest absolute Gasteiger partial charge is 0.298 e. The third-order valence-corrected chi connectivity index (χ3v) is 1.77. The van der Waals surface area contributed by atoms with Gasteiger partial charge in [-0.25, -0.2) is 14.6 Å². The zero-order chi connectivity index (χ0) is 9.97. The van der Waals surface area contributed by atoms with E-state index < -0.39 is 0 Å². The molecule has 0 spiro atoms. The van der Waals surface area contributed by atoms with Crippen molar-refractivity contribution in [3.8, 4) is 5.82 Å². The predicted octanol–water partition coefficient (Wildman–Crippen LogP) is 0.783. The van der Waals surface area contributed by atoms with Gasteiger partial charge in [-0.15, -0.1) is 0 Å². The number of rotatable bonds is 2. The molecule has 14 heavy (non-hydrogen) atoms. The van der Waals surface area contributed by atoms with Crippen LogP contribution in [0.15, 0.2) is 24.7 Å². The summed E-state index contributed by atoms with van der Waals surface area (Å²) in [6.07, 6.45) is 3.89. The van der Waals surface area contributed by atoms with E-state index in [1.165, 1.54) is 11.0 Å². The Labute approximate surface area is 80.4 Å². The van der Waals surface area contributed by atoms with Crippen molar-refractivity contribution < 1.29 is 4.79 Å². The van der Waals surface area contributed by atoms with Gasteiger partial charge in [-0.1, -0.05) is 0 Å². The Morgan fingerprint density at radius 3 is 2.93 bits per heavy atom. The van der Waals surface area contributed by atoms with Gasteiger partial charge in [-0.2, -0.15) is 5.10 Å². The Morgan fingerprint density at radius 1 is 1.43 bits per heavy atom. The second kappa shape index (κ2) is 3.37. The molecule has 0 saturated heterocycles. The first-order valence-corrected chi connectivity index (χ1v) is 4.10. The van der Waals surface area contributed by atoms with Crippen molar-refractivity contribution in [3.63, 3.8) is 0 Å². The summed E-state index contributed by atoms with van der Waals surface area (Å²) in [5.74, 6) is 1.15. The number of hydrogen-bond acceptors (Lipinski definition) is 4. The number of carbonyl (C=O) groups excluding carboxylic acids is 1. The van der Waals surface area contributed by atoms with Crippen LogP contribution in [0.4, 0.5) is 0 Å². The summed E-state index contributed by atoms with van der Waals surface area (Å²) in [7, 11) is 0. The van der Waals surface area contributed by atoms with Crippen molar-refractivity contribution in [1.29, 1.82) is 0 Å². The van der Waals surface area contributed by atoms with E-state index in [2.05, 4.69) is 15.1 Å². The summed E-state index contributed by atoms with van der Waals surface area (Å²) in [5.41, 5.74) is 0.498. The van der Waals surface area contributed by atoms with Crippen molar-refractivity contribution >= 4 is 6.29 Å². The average Bonchev–Trinajstić information content (AvgIpc) is 2.65. The summed E-state index contributed by atoms with van der Waals surface area (Å²) < 4.78 is 1.49. The lowest BCUT2D eigenvalue weighted by Crippen LogP contribution is -2.02. The Bertz CT molecular complexity index is 463. The Kier molecular flexibility index (Phi) is 2.06. The molecular formula is C9H8N4O. The molecule has 0 atom stereocenters. The highest BCUT2D eigenvalue weighted by atomic mass is 16.1. The number of carbonyl (C=O) groups is 1. The van der Waals surface area contributed by atoms with Crippen molar-refractivity contribution in [2.45, 2.75) is 6.92 Å². The van der Waals surface area contributed by atoms with Gasteiger partial charge in [-0.3, -0.25) is 4.79 Å². The molecule has 0 unspecified atom stereocenters. The van der Waals surface area contributed by atoms with Crippen LogP contribution in [0.2, 0.25) is 0 Å². The summed E-state index contributed by atoms with van der Waals surface area (Å²) in [6, 6.07) is 3.39. The molecule has 2 aromatic heterocycles. The second-order valence-corrected chi connectivity index (χ2v) is 2.77. The van der Waals surface area contributed by atoms with Gasteiger partial charge in [0.15, 0.2) is 12.1 Å². The minimum atomic E-state index is 0.498. The SMILES string of the molecule is Cc1ncn(-c2ncccc2C=O)n1. The average molecular weight is 188 g/mol. The Morgan fingerprint density at radius 2 is 2.29 bits per heavy atom. The van der Waals surface area contributed by atoms with Gasteiger partial charge in [-0.05, 0) is 19.1 Å². The monoisotopic (exact) mass is 188 g/mol. The van der Waals surface area contributed by atoms with E-state index in [4.69, 9.17) is 0 Å². The third kappa shape index (κ3) is 1.39. The highest BCUT2D eigenvalue weighted by Gasteiger charge is 2.05. The van der Waals surface area contributed by atoms with E-state index >= 15 is 0 Å². The van der Waals surface area contributed by atoms with Crippen LogP contribution in [-0.4, -0.2) is 26.0 Å². The van der Waals surface area contributed by atoms with Gasteiger partial charge in [0.05, 0.1) is 5.56 Å². The number of aromatic nitrogens is 4.